The molecule has 6 rings (SSSR count). The molecule has 1 aliphatic heterocycles. The molecule has 0 spiro atoms. The number of carbonyl (C=O) groups is 1. The minimum absolute atomic E-state index is 0. The van der Waals surface area contributed by atoms with Crippen molar-refractivity contribution in [1.82, 2.24) is 29.8 Å². The van der Waals surface area contributed by atoms with Crippen LogP contribution in [0.3, 0.4) is 0 Å². The third-order valence-corrected chi connectivity index (χ3v) is 7.37. The fourth-order valence-electron chi connectivity index (χ4n) is 5.10. The number of pyridine rings is 1. The Morgan fingerprint density at radius 3 is 2.69 bits per heavy atom. The number of aryl methyl sites for hydroxylation is 1. The topological polar surface area (TPSA) is 85.5 Å². The van der Waals surface area contributed by atoms with Crippen molar-refractivity contribution in [3.8, 4) is 22.7 Å². The molecular formula is C28H31ClF2N6O2. The van der Waals surface area contributed by atoms with Gasteiger partial charge >= 0.3 is 0 Å². The van der Waals surface area contributed by atoms with Crippen molar-refractivity contribution in [3.63, 3.8) is 0 Å². The number of imidazole rings is 1. The summed E-state index contributed by atoms with van der Waals surface area (Å²) < 4.78 is 40.0. The molecule has 8 nitrogen and oxygen atoms in total. The lowest BCUT2D eigenvalue weighted by atomic mass is 9.87. The number of alkyl halides is 1. The molecule has 1 amide bonds. The van der Waals surface area contributed by atoms with Gasteiger partial charge in [-0.1, -0.05) is 0 Å². The van der Waals surface area contributed by atoms with Crippen molar-refractivity contribution >= 4 is 24.0 Å². The lowest BCUT2D eigenvalue weighted by Gasteiger charge is -2.31. The summed E-state index contributed by atoms with van der Waals surface area (Å²) >= 11 is 0. The van der Waals surface area contributed by atoms with Crippen LogP contribution in [0.5, 0.6) is 5.75 Å². The van der Waals surface area contributed by atoms with Gasteiger partial charge in [0.25, 0.3) is 5.91 Å². The second-order valence-electron chi connectivity index (χ2n) is 10.1. The number of aromatic nitrogens is 4. The Hall–Kier alpha value is -3.50. The summed E-state index contributed by atoms with van der Waals surface area (Å²) in [5.41, 5.74) is 1.75. The number of piperidine rings is 1. The highest BCUT2D eigenvalue weighted by molar-refractivity contribution is 5.96. The fraction of sp³-hybridized carbons (Fsp3) is 0.393. The number of halogens is 3. The number of carbonyl (C=O) groups excluding carboxylic acids is 1. The summed E-state index contributed by atoms with van der Waals surface area (Å²) in [4.78, 5) is 17.1. The molecule has 1 aromatic carbocycles. The Kier molecular flexibility index (Phi) is 7.35. The predicted molar refractivity (Wildman–Crippen MR) is 146 cm³/mol. The second kappa shape index (κ2) is 10.6. The van der Waals surface area contributed by atoms with E-state index < -0.39 is 17.4 Å². The van der Waals surface area contributed by atoms with Crippen molar-refractivity contribution in [2.24, 2.45) is 0 Å². The van der Waals surface area contributed by atoms with Crippen LogP contribution in [0.25, 0.3) is 22.6 Å². The maximum absolute atomic E-state index is 16.1. The van der Waals surface area contributed by atoms with Gasteiger partial charge in [-0.2, -0.15) is 5.10 Å². The molecule has 4 heterocycles. The fourth-order valence-corrected chi connectivity index (χ4v) is 5.10. The van der Waals surface area contributed by atoms with E-state index in [1.165, 1.54) is 6.07 Å². The molecule has 0 bridgehead atoms. The molecule has 11 heteroatoms. The maximum atomic E-state index is 16.1. The van der Waals surface area contributed by atoms with E-state index in [9.17, 15) is 9.18 Å². The number of nitrogens with one attached hydrogen (secondary N) is 2. The number of ether oxygens (including phenoxy) is 1. The van der Waals surface area contributed by atoms with Gasteiger partial charge < -0.3 is 15.4 Å². The van der Waals surface area contributed by atoms with E-state index in [2.05, 4.69) is 20.7 Å². The monoisotopic (exact) mass is 556 g/mol. The normalized spacial score (nSPS) is 16.6. The average Bonchev–Trinajstić information content (AvgIpc) is 3.41. The van der Waals surface area contributed by atoms with Crippen LogP contribution in [0.4, 0.5) is 8.78 Å². The summed E-state index contributed by atoms with van der Waals surface area (Å²) in [5.74, 6) is 0.173. The second-order valence-corrected chi connectivity index (χ2v) is 10.1. The van der Waals surface area contributed by atoms with Crippen LogP contribution >= 0.6 is 12.4 Å². The minimum Gasteiger partial charge on any atom is -0.493 e. The zero-order valence-corrected chi connectivity index (χ0v) is 22.7. The summed E-state index contributed by atoms with van der Waals surface area (Å²) in [6.45, 7) is 5.29. The largest absolute Gasteiger partial charge is 0.493 e. The maximum Gasteiger partial charge on any atom is 0.254 e. The highest BCUT2D eigenvalue weighted by Crippen LogP contribution is 2.41. The van der Waals surface area contributed by atoms with Gasteiger partial charge in [-0.3, -0.25) is 9.20 Å². The molecule has 1 saturated carbocycles. The number of hydrogen-bond acceptors (Lipinski definition) is 5. The summed E-state index contributed by atoms with van der Waals surface area (Å²) in [6, 6.07) is 4.86. The van der Waals surface area contributed by atoms with Crippen molar-refractivity contribution in [2.45, 2.75) is 51.2 Å². The highest BCUT2D eigenvalue weighted by Gasteiger charge is 2.37. The molecule has 0 radical (unpaired) electrons. The van der Waals surface area contributed by atoms with Gasteiger partial charge in [-0.05, 0) is 75.9 Å². The Labute approximate surface area is 231 Å². The number of amides is 1. The lowest BCUT2D eigenvalue weighted by molar-refractivity contribution is 0.0947. The molecule has 39 heavy (non-hydrogen) atoms. The Bertz CT molecular complexity index is 1520. The molecular weight excluding hydrogens is 526 g/mol. The molecule has 1 aliphatic carbocycles. The quantitative estimate of drug-likeness (QED) is 0.338. The molecule has 0 unspecified atom stereocenters. The first-order valence-corrected chi connectivity index (χ1v) is 13.1. The van der Waals surface area contributed by atoms with Gasteiger partial charge in [0.2, 0.25) is 0 Å². The van der Waals surface area contributed by atoms with Gasteiger partial charge in [0.1, 0.15) is 22.9 Å². The SMILES string of the molecule is CCOc1cc2ncc(-n3cc(-c4cc(C(=O)NC5CC5)c(F)cc4C)cn3)n2cc1C1(F)CCNCC1.Cl. The van der Waals surface area contributed by atoms with Crippen LogP contribution in [-0.2, 0) is 5.67 Å². The molecule has 2 N–H and O–H groups in total. The number of hydrogen-bond donors (Lipinski definition) is 2. The van der Waals surface area contributed by atoms with Crippen LogP contribution < -0.4 is 15.4 Å². The Morgan fingerprint density at radius 2 is 1.97 bits per heavy atom. The van der Waals surface area contributed by atoms with Crippen molar-refractivity contribution in [3.05, 3.63) is 65.5 Å². The lowest BCUT2D eigenvalue weighted by Crippen LogP contribution is -2.37. The smallest absolute Gasteiger partial charge is 0.254 e. The Balaban J connectivity index is 0.00000308. The van der Waals surface area contributed by atoms with Gasteiger partial charge in [-0.25, -0.2) is 18.4 Å². The van der Waals surface area contributed by atoms with Crippen LogP contribution in [0.2, 0.25) is 0 Å². The first-order valence-electron chi connectivity index (χ1n) is 13.1. The zero-order chi connectivity index (χ0) is 26.4. The van der Waals surface area contributed by atoms with Crippen molar-refractivity contribution in [1.29, 1.82) is 0 Å². The standard InChI is InChI=1S/C28H30F2N6O2.ClH/c1-3-38-24-12-25-32-14-26(35(25)16-22(24)28(30)6-8-31-9-7-28)36-15-18(13-33-36)20-11-21(23(29)10-17(20)2)27(37)34-19-4-5-19;/h10-16,19,31H,3-9H2,1-2H3,(H,34,37);1H. The molecule has 2 fully saturated rings. The first kappa shape index (κ1) is 27.1. The van der Waals surface area contributed by atoms with Crippen molar-refractivity contribution < 1.29 is 18.3 Å². The first-order chi connectivity index (χ1) is 18.4. The summed E-state index contributed by atoms with van der Waals surface area (Å²) in [5, 5.41) is 10.6. The molecule has 3 aromatic heterocycles. The van der Waals surface area contributed by atoms with Crippen LogP contribution in [0, 0.1) is 12.7 Å². The Morgan fingerprint density at radius 1 is 1.21 bits per heavy atom. The molecule has 4 aromatic rings. The summed E-state index contributed by atoms with van der Waals surface area (Å²) in [6.07, 6.45) is 9.46. The predicted octanol–water partition coefficient (Wildman–Crippen LogP) is 4.90. The summed E-state index contributed by atoms with van der Waals surface area (Å²) in [7, 11) is 0. The molecule has 0 atom stereocenters. The van der Waals surface area contributed by atoms with Gasteiger partial charge in [0.05, 0.1) is 24.6 Å². The van der Waals surface area contributed by atoms with E-state index in [1.807, 2.05) is 11.3 Å². The third kappa shape index (κ3) is 5.10. The van der Waals surface area contributed by atoms with E-state index in [0.29, 0.717) is 66.4 Å². The van der Waals surface area contributed by atoms with E-state index in [-0.39, 0.29) is 24.0 Å². The third-order valence-electron chi connectivity index (χ3n) is 7.37. The van der Waals surface area contributed by atoms with Gasteiger partial charge in [0.15, 0.2) is 5.82 Å². The van der Waals surface area contributed by atoms with Crippen LogP contribution in [-0.4, -0.2) is 50.8 Å². The van der Waals surface area contributed by atoms with E-state index in [4.69, 9.17) is 4.74 Å². The molecule has 2 aliphatic rings. The van der Waals surface area contributed by atoms with Gasteiger partial charge in [0, 0.05) is 35.6 Å². The molecule has 206 valence electrons. The van der Waals surface area contributed by atoms with E-state index in [1.54, 1.807) is 48.5 Å². The van der Waals surface area contributed by atoms with Gasteiger partial charge in [-0.15, -0.1) is 12.4 Å². The number of fused-ring (bicyclic) bond motifs is 1. The highest BCUT2D eigenvalue weighted by atomic mass is 35.5. The average molecular weight is 557 g/mol. The number of benzene rings is 1. The molecule has 1 saturated heterocycles. The number of nitrogens with zero attached hydrogens (tertiary/aromatic N) is 4. The van der Waals surface area contributed by atoms with Crippen LogP contribution in [0.15, 0.2) is 43.0 Å². The van der Waals surface area contributed by atoms with E-state index >= 15 is 4.39 Å². The van der Waals surface area contributed by atoms with E-state index in [0.717, 1.165) is 18.4 Å². The zero-order valence-electron chi connectivity index (χ0n) is 21.8. The van der Waals surface area contributed by atoms with Crippen molar-refractivity contribution in [2.75, 3.05) is 19.7 Å². The number of rotatable bonds is 7. The minimum atomic E-state index is -1.51. The van der Waals surface area contributed by atoms with Crippen LogP contribution in [0.1, 0.15) is 54.1 Å².